The number of benzene rings is 2. The summed E-state index contributed by atoms with van der Waals surface area (Å²) in [5, 5.41) is 13.0. The number of halogens is 1. The molecule has 1 aliphatic rings. The number of carbonyl (C=O) groups is 1. The average molecular weight is 458 g/mol. The number of piperazine rings is 1. The standard InChI is InChI=1S/C25H23FN6O2/c1-18-11-12-32(29-18)24-10-9-23(27-28-24)30-13-15-31(16-14-30)25(33)19-3-2-4-22(17-19)34-21-7-5-20(26)6-8-21/h2-12,17H,13-16H2,1H3. The van der Waals surface area contributed by atoms with E-state index in [0.717, 1.165) is 11.5 Å². The van der Waals surface area contributed by atoms with Crippen LogP contribution in [-0.2, 0) is 0 Å². The number of aryl methyl sites for hydroxylation is 1. The van der Waals surface area contributed by atoms with Crippen molar-refractivity contribution in [3.05, 3.63) is 90.0 Å². The average Bonchev–Trinajstić information content (AvgIpc) is 3.32. The first-order valence-corrected chi connectivity index (χ1v) is 11.0. The van der Waals surface area contributed by atoms with Crippen LogP contribution in [-0.4, -0.2) is 57.0 Å². The zero-order valence-electron chi connectivity index (χ0n) is 18.6. The summed E-state index contributed by atoms with van der Waals surface area (Å²) in [7, 11) is 0. The molecule has 8 nitrogen and oxygen atoms in total. The van der Waals surface area contributed by atoms with Crippen molar-refractivity contribution in [2.45, 2.75) is 6.92 Å². The van der Waals surface area contributed by atoms with Crippen molar-refractivity contribution in [3.63, 3.8) is 0 Å². The van der Waals surface area contributed by atoms with Crippen molar-refractivity contribution in [3.8, 4) is 17.3 Å². The molecule has 2 aromatic heterocycles. The van der Waals surface area contributed by atoms with Gasteiger partial charge in [-0.05, 0) is 67.6 Å². The number of nitrogens with zero attached hydrogens (tertiary/aromatic N) is 6. The number of amides is 1. The number of hydrogen-bond acceptors (Lipinski definition) is 6. The molecule has 9 heteroatoms. The fourth-order valence-electron chi connectivity index (χ4n) is 3.80. The molecule has 0 spiro atoms. The van der Waals surface area contributed by atoms with E-state index in [2.05, 4.69) is 20.2 Å². The third-order valence-corrected chi connectivity index (χ3v) is 5.61. The minimum Gasteiger partial charge on any atom is -0.457 e. The highest BCUT2D eigenvalue weighted by Gasteiger charge is 2.23. The fraction of sp³-hybridized carbons (Fsp3) is 0.200. The molecule has 0 N–H and O–H groups in total. The number of ether oxygens (including phenoxy) is 1. The summed E-state index contributed by atoms with van der Waals surface area (Å²) in [5.74, 6) is 2.08. The second-order valence-electron chi connectivity index (χ2n) is 8.01. The summed E-state index contributed by atoms with van der Waals surface area (Å²) in [6, 6.07) is 18.5. The van der Waals surface area contributed by atoms with Gasteiger partial charge in [0.1, 0.15) is 17.3 Å². The van der Waals surface area contributed by atoms with E-state index >= 15 is 0 Å². The third kappa shape index (κ3) is 4.73. The molecule has 0 saturated carbocycles. The van der Waals surface area contributed by atoms with Gasteiger partial charge in [-0.15, -0.1) is 10.2 Å². The number of aromatic nitrogens is 4. The minimum atomic E-state index is -0.328. The predicted molar refractivity (Wildman–Crippen MR) is 125 cm³/mol. The van der Waals surface area contributed by atoms with E-state index in [9.17, 15) is 9.18 Å². The lowest BCUT2D eigenvalue weighted by molar-refractivity contribution is 0.0746. The highest BCUT2D eigenvalue weighted by Crippen LogP contribution is 2.23. The van der Waals surface area contributed by atoms with Crippen LogP contribution in [0, 0.1) is 12.7 Å². The SMILES string of the molecule is Cc1ccn(-c2ccc(N3CCN(C(=O)c4cccc(Oc5ccc(F)cc5)c4)CC3)nn2)n1. The molecular formula is C25H23FN6O2. The molecular weight excluding hydrogens is 435 g/mol. The maximum Gasteiger partial charge on any atom is 0.254 e. The molecule has 172 valence electrons. The van der Waals surface area contributed by atoms with Crippen LogP contribution in [0.2, 0.25) is 0 Å². The second kappa shape index (κ2) is 9.30. The Bertz CT molecular complexity index is 1280. The predicted octanol–water partition coefficient (Wildman–Crippen LogP) is 3.86. The first-order valence-electron chi connectivity index (χ1n) is 11.0. The molecule has 0 unspecified atom stereocenters. The Morgan fingerprint density at radius 1 is 0.882 bits per heavy atom. The van der Waals surface area contributed by atoms with Crippen LogP contribution in [0.4, 0.5) is 10.2 Å². The van der Waals surface area contributed by atoms with Crippen LogP contribution in [0.3, 0.4) is 0 Å². The third-order valence-electron chi connectivity index (χ3n) is 5.61. The van der Waals surface area contributed by atoms with Crippen LogP contribution in [0.15, 0.2) is 72.9 Å². The molecule has 1 aliphatic heterocycles. The number of carbonyl (C=O) groups excluding carboxylic acids is 1. The van der Waals surface area contributed by atoms with E-state index in [1.54, 1.807) is 41.1 Å². The van der Waals surface area contributed by atoms with E-state index in [1.165, 1.54) is 12.1 Å². The van der Waals surface area contributed by atoms with Crippen LogP contribution in [0.1, 0.15) is 16.1 Å². The largest absolute Gasteiger partial charge is 0.457 e. The van der Waals surface area contributed by atoms with E-state index in [-0.39, 0.29) is 11.7 Å². The van der Waals surface area contributed by atoms with Crippen molar-refractivity contribution in [1.82, 2.24) is 24.9 Å². The highest BCUT2D eigenvalue weighted by atomic mass is 19.1. The van der Waals surface area contributed by atoms with Crippen LogP contribution in [0.25, 0.3) is 5.82 Å². The van der Waals surface area contributed by atoms with Gasteiger partial charge in [-0.3, -0.25) is 4.79 Å². The molecule has 0 bridgehead atoms. The van der Waals surface area contributed by atoms with E-state index in [0.29, 0.717) is 49.1 Å². The highest BCUT2D eigenvalue weighted by molar-refractivity contribution is 5.94. The summed E-state index contributed by atoms with van der Waals surface area (Å²) < 4.78 is 20.6. The Balaban J connectivity index is 1.20. The van der Waals surface area contributed by atoms with Gasteiger partial charge < -0.3 is 14.5 Å². The number of rotatable bonds is 5. The van der Waals surface area contributed by atoms with E-state index in [1.807, 2.05) is 36.2 Å². The van der Waals surface area contributed by atoms with Crippen molar-refractivity contribution in [1.29, 1.82) is 0 Å². The van der Waals surface area contributed by atoms with Crippen molar-refractivity contribution >= 4 is 11.7 Å². The zero-order valence-corrected chi connectivity index (χ0v) is 18.6. The van der Waals surface area contributed by atoms with Crippen LogP contribution >= 0.6 is 0 Å². The summed E-state index contributed by atoms with van der Waals surface area (Å²) in [5.41, 5.74) is 1.46. The molecule has 1 saturated heterocycles. The quantitative estimate of drug-likeness (QED) is 0.452. The van der Waals surface area contributed by atoms with Gasteiger partial charge in [0.05, 0.1) is 5.69 Å². The zero-order chi connectivity index (χ0) is 23.5. The first-order chi connectivity index (χ1) is 16.5. The number of anilines is 1. The van der Waals surface area contributed by atoms with E-state index in [4.69, 9.17) is 4.74 Å². The van der Waals surface area contributed by atoms with Gasteiger partial charge >= 0.3 is 0 Å². The maximum absolute atomic E-state index is 13.1. The normalized spacial score (nSPS) is 13.7. The molecule has 34 heavy (non-hydrogen) atoms. The van der Waals surface area contributed by atoms with Gasteiger partial charge in [-0.1, -0.05) is 6.07 Å². The lowest BCUT2D eigenvalue weighted by Crippen LogP contribution is -2.49. The molecule has 1 amide bonds. The van der Waals surface area contributed by atoms with Gasteiger partial charge in [-0.2, -0.15) is 5.10 Å². The Labute approximate surface area is 196 Å². The molecule has 4 aromatic rings. The molecule has 0 atom stereocenters. The Morgan fingerprint density at radius 3 is 2.29 bits per heavy atom. The molecule has 0 radical (unpaired) electrons. The molecule has 2 aromatic carbocycles. The molecule has 0 aliphatic carbocycles. The first kappa shape index (κ1) is 21.6. The molecule has 1 fully saturated rings. The smallest absolute Gasteiger partial charge is 0.254 e. The Kier molecular flexibility index (Phi) is 5.90. The second-order valence-corrected chi connectivity index (χ2v) is 8.01. The Morgan fingerprint density at radius 2 is 1.62 bits per heavy atom. The van der Waals surface area contributed by atoms with Gasteiger partial charge in [0, 0.05) is 37.9 Å². The molecule has 5 rings (SSSR count). The topological polar surface area (TPSA) is 76.4 Å². The lowest BCUT2D eigenvalue weighted by Gasteiger charge is -2.35. The van der Waals surface area contributed by atoms with Crippen molar-refractivity contribution in [2.24, 2.45) is 0 Å². The van der Waals surface area contributed by atoms with Crippen molar-refractivity contribution < 1.29 is 13.9 Å². The van der Waals surface area contributed by atoms with Crippen LogP contribution < -0.4 is 9.64 Å². The minimum absolute atomic E-state index is 0.0558. The Hall–Kier alpha value is -4.27. The van der Waals surface area contributed by atoms with Gasteiger partial charge in [0.2, 0.25) is 0 Å². The number of hydrogen-bond donors (Lipinski definition) is 0. The summed E-state index contributed by atoms with van der Waals surface area (Å²) in [4.78, 5) is 17.0. The summed E-state index contributed by atoms with van der Waals surface area (Å²) in [6.45, 7) is 4.39. The maximum atomic E-state index is 13.1. The lowest BCUT2D eigenvalue weighted by atomic mass is 10.1. The van der Waals surface area contributed by atoms with Gasteiger partial charge in [0.25, 0.3) is 5.91 Å². The molecule has 3 heterocycles. The van der Waals surface area contributed by atoms with E-state index < -0.39 is 0 Å². The summed E-state index contributed by atoms with van der Waals surface area (Å²) in [6.07, 6.45) is 1.85. The monoisotopic (exact) mass is 458 g/mol. The van der Waals surface area contributed by atoms with Crippen LogP contribution in [0.5, 0.6) is 11.5 Å². The summed E-state index contributed by atoms with van der Waals surface area (Å²) >= 11 is 0. The van der Waals surface area contributed by atoms with Gasteiger partial charge in [-0.25, -0.2) is 9.07 Å². The fourth-order valence-corrected chi connectivity index (χ4v) is 3.80. The van der Waals surface area contributed by atoms with Crippen molar-refractivity contribution in [2.75, 3.05) is 31.1 Å². The van der Waals surface area contributed by atoms with Gasteiger partial charge in [0.15, 0.2) is 11.6 Å².